The minimum atomic E-state index is -1.70. The third-order valence-corrected chi connectivity index (χ3v) is 11.0. The standard InChI is InChI=1S/C36H56N12O13S2/c1-17(41-32(56)25-4-2-8-47(25)34(58)21(10-18-11-39-16-40-18)43-29(53)19(37)14-62)28(52)44-22(12-49)31(55)45-23(13-50)35(59)48-9-3-5-26(48)33(57)42-20(6-7-27(38)51)30(54)46-24(15-63)36(60)61/h11,16-17,19-26,49-50,62-63H,2-10,12-15,37H2,1H3,(H2,38,51)(H,39,40)(H,41,56)(H,42,57)(H,43,53)(H,44,52)(H,45,55)(H,46,54)(H,60,61)/t17-,19-,20-,21-,22-,23-,24-,25-,26-/m0/s1. The number of carbonyl (C=O) groups excluding carboxylic acids is 9. The van der Waals surface area contributed by atoms with Gasteiger partial charge >= 0.3 is 5.97 Å². The fraction of sp³-hybridized carbons (Fsp3) is 0.639. The summed E-state index contributed by atoms with van der Waals surface area (Å²) in [6.07, 6.45) is 3.22. The van der Waals surface area contributed by atoms with Crippen LogP contribution in [0.5, 0.6) is 0 Å². The topological polar surface area (TPSA) is 391 Å². The molecule has 1 aromatic heterocycles. The Morgan fingerprint density at radius 1 is 0.746 bits per heavy atom. The summed E-state index contributed by atoms with van der Waals surface area (Å²) in [5.74, 6) is -9.23. The number of amides is 9. The van der Waals surface area contributed by atoms with E-state index in [1.54, 1.807) is 0 Å². The molecule has 0 saturated carbocycles. The number of carboxylic acids is 1. The quantitative estimate of drug-likeness (QED) is 0.0429. The number of aliphatic carboxylic acids is 1. The smallest absolute Gasteiger partial charge is 0.327 e. The van der Waals surface area contributed by atoms with E-state index in [1.807, 2.05) is 0 Å². The summed E-state index contributed by atoms with van der Waals surface area (Å²) >= 11 is 7.92. The van der Waals surface area contributed by atoms with Crippen molar-refractivity contribution in [3.8, 4) is 0 Å². The zero-order chi connectivity index (χ0) is 47.0. The molecule has 27 heteroatoms. The van der Waals surface area contributed by atoms with Gasteiger partial charge in [0.25, 0.3) is 0 Å². The van der Waals surface area contributed by atoms with Crippen molar-refractivity contribution in [2.75, 3.05) is 37.8 Å². The Hall–Kier alpha value is -5.51. The molecule has 0 aromatic carbocycles. The SMILES string of the molecule is C[C@H](NC(=O)[C@@H]1CCCN1C(=O)[C@H](Cc1cnc[nH]1)NC(=O)[C@@H](N)CS)C(=O)N[C@@H](CO)C(=O)N[C@@H](CO)C(=O)N1CCC[C@H]1C(=O)N[C@@H](CCC(N)=O)C(=O)N[C@@H](CS)C(=O)O. The van der Waals surface area contributed by atoms with Crippen molar-refractivity contribution in [3.63, 3.8) is 0 Å². The van der Waals surface area contributed by atoms with Crippen molar-refractivity contribution in [2.24, 2.45) is 11.5 Å². The van der Waals surface area contributed by atoms with Crippen LogP contribution >= 0.6 is 25.3 Å². The second kappa shape index (κ2) is 25.0. The van der Waals surface area contributed by atoms with Crippen LogP contribution in [0.4, 0.5) is 0 Å². The van der Waals surface area contributed by atoms with Gasteiger partial charge in [0, 0.05) is 49.3 Å². The summed E-state index contributed by atoms with van der Waals surface area (Å²) in [4.78, 5) is 138. The van der Waals surface area contributed by atoms with Crippen molar-refractivity contribution in [1.29, 1.82) is 0 Å². The highest BCUT2D eigenvalue weighted by atomic mass is 32.1. The summed E-state index contributed by atoms with van der Waals surface area (Å²) < 4.78 is 0. The molecule has 14 N–H and O–H groups in total. The molecule has 9 amide bonds. The summed E-state index contributed by atoms with van der Waals surface area (Å²) in [6, 6.07) is -12.0. The molecule has 0 spiro atoms. The molecule has 2 aliphatic rings. The van der Waals surface area contributed by atoms with E-state index in [1.165, 1.54) is 24.3 Å². The number of likely N-dealkylation sites (tertiary alicyclic amines) is 2. The van der Waals surface area contributed by atoms with E-state index in [-0.39, 0.29) is 63.1 Å². The van der Waals surface area contributed by atoms with Crippen LogP contribution in [0.1, 0.15) is 51.1 Å². The number of H-pyrrole nitrogens is 1. The van der Waals surface area contributed by atoms with Crippen LogP contribution in [0.2, 0.25) is 0 Å². The Labute approximate surface area is 372 Å². The van der Waals surface area contributed by atoms with Crippen LogP contribution in [0.15, 0.2) is 12.5 Å². The van der Waals surface area contributed by atoms with Gasteiger partial charge in [-0.3, -0.25) is 43.2 Å². The van der Waals surface area contributed by atoms with Crippen LogP contribution in [0.3, 0.4) is 0 Å². The number of nitrogens with one attached hydrogen (secondary N) is 7. The monoisotopic (exact) mass is 928 g/mol. The van der Waals surface area contributed by atoms with E-state index in [9.17, 15) is 63.3 Å². The number of thiol groups is 2. The average Bonchev–Trinajstić information content (AvgIpc) is 4.07. The van der Waals surface area contributed by atoms with Gasteiger partial charge in [0.15, 0.2) is 0 Å². The Morgan fingerprint density at radius 2 is 1.27 bits per heavy atom. The summed E-state index contributed by atoms with van der Waals surface area (Å²) in [5, 5.41) is 43.7. The van der Waals surface area contributed by atoms with E-state index in [0.29, 0.717) is 12.1 Å². The zero-order valence-corrected chi connectivity index (χ0v) is 36.1. The highest BCUT2D eigenvalue weighted by molar-refractivity contribution is 7.80. The predicted molar refractivity (Wildman–Crippen MR) is 225 cm³/mol. The highest BCUT2D eigenvalue weighted by Crippen LogP contribution is 2.21. The molecule has 0 unspecified atom stereocenters. The van der Waals surface area contributed by atoms with Gasteiger partial charge in [-0.2, -0.15) is 25.3 Å². The van der Waals surface area contributed by atoms with Crippen LogP contribution in [-0.4, -0.2) is 186 Å². The minimum absolute atomic E-state index is 0.00408. The number of nitrogens with zero attached hydrogens (tertiary/aromatic N) is 3. The first-order valence-corrected chi connectivity index (χ1v) is 21.2. The lowest BCUT2D eigenvalue weighted by Crippen LogP contribution is -2.61. The van der Waals surface area contributed by atoms with Crippen LogP contribution in [0, 0.1) is 0 Å². The molecule has 63 heavy (non-hydrogen) atoms. The van der Waals surface area contributed by atoms with Gasteiger partial charge in [-0.15, -0.1) is 0 Å². The van der Waals surface area contributed by atoms with Crippen molar-refractivity contribution >= 4 is 84.4 Å². The van der Waals surface area contributed by atoms with E-state index < -0.39 is 127 Å². The molecule has 9 atom stereocenters. The van der Waals surface area contributed by atoms with E-state index >= 15 is 0 Å². The number of nitrogens with two attached hydrogens (primary N) is 2. The number of aromatic amines is 1. The maximum atomic E-state index is 13.8. The highest BCUT2D eigenvalue weighted by Gasteiger charge is 2.41. The molecular formula is C36H56N12O13S2. The van der Waals surface area contributed by atoms with Crippen molar-refractivity contribution in [1.82, 2.24) is 51.7 Å². The number of primary amides is 1. The van der Waals surface area contributed by atoms with Gasteiger partial charge in [0.1, 0.15) is 48.3 Å². The molecular weight excluding hydrogens is 873 g/mol. The van der Waals surface area contributed by atoms with E-state index in [0.717, 1.165) is 4.90 Å². The number of carbonyl (C=O) groups is 10. The van der Waals surface area contributed by atoms with E-state index in [2.05, 4.69) is 67.1 Å². The predicted octanol–water partition coefficient (Wildman–Crippen LogP) is -6.62. The first kappa shape index (κ1) is 51.8. The first-order chi connectivity index (χ1) is 29.9. The molecule has 2 aliphatic heterocycles. The van der Waals surface area contributed by atoms with E-state index in [4.69, 9.17) is 11.5 Å². The molecule has 3 heterocycles. The number of imidazole rings is 1. The lowest BCUT2D eigenvalue weighted by molar-refractivity contribution is -0.144. The first-order valence-electron chi connectivity index (χ1n) is 20.0. The Kier molecular flexibility index (Phi) is 20.5. The zero-order valence-electron chi connectivity index (χ0n) is 34.4. The number of aliphatic hydroxyl groups excluding tert-OH is 2. The Bertz CT molecular complexity index is 1830. The number of carboxylic acid groups (broad SMARTS) is 1. The molecule has 0 radical (unpaired) electrons. The van der Waals surface area contributed by atoms with Crippen molar-refractivity contribution < 1.29 is 63.3 Å². The van der Waals surface area contributed by atoms with Gasteiger partial charge in [-0.1, -0.05) is 0 Å². The van der Waals surface area contributed by atoms with Crippen molar-refractivity contribution in [2.45, 2.75) is 106 Å². The maximum Gasteiger partial charge on any atom is 0.327 e. The molecule has 25 nitrogen and oxygen atoms in total. The molecule has 1 aromatic rings. The molecule has 2 fully saturated rings. The van der Waals surface area contributed by atoms with Gasteiger partial charge in [-0.25, -0.2) is 9.78 Å². The van der Waals surface area contributed by atoms with Crippen LogP contribution in [0.25, 0.3) is 0 Å². The lowest BCUT2D eigenvalue weighted by Gasteiger charge is -2.30. The van der Waals surface area contributed by atoms with Gasteiger partial charge in [0.2, 0.25) is 53.2 Å². The molecule has 0 aliphatic carbocycles. The summed E-state index contributed by atoms with van der Waals surface area (Å²) in [6.45, 7) is -0.552. The second-order valence-corrected chi connectivity index (χ2v) is 15.6. The van der Waals surface area contributed by atoms with Gasteiger partial charge in [0.05, 0.1) is 25.6 Å². The third kappa shape index (κ3) is 14.8. The second-order valence-electron chi connectivity index (χ2n) is 14.9. The fourth-order valence-corrected chi connectivity index (χ4v) is 7.20. The number of aromatic nitrogens is 2. The number of hydrogen-bond donors (Lipinski definition) is 14. The molecule has 3 rings (SSSR count). The van der Waals surface area contributed by atoms with Crippen LogP contribution in [-0.2, 0) is 54.4 Å². The Morgan fingerprint density at radius 3 is 1.78 bits per heavy atom. The number of aliphatic hydroxyl groups is 2. The van der Waals surface area contributed by atoms with Gasteiger partial charge in [-0.05, 0) is 39.0 Å². The third-order valence-electron chi connectivity index (χ3n) is 10.3. The largest absolute Gasteiger partial charge is 0.480 e. The summed E-state index contributed by atoms with van der Waals surface area (Å²) in [7, 11) is 0. The molecule has 350 valence electrons. The molecule has 2 saturated heterocycles. The lowest BCUT2D eigenvalue weighted by atomic mass is 10.1. The fourth-order valence-electron chi connectivity index (χ4n) is 6.79. The van der Waals surface area contributed by atoms with Gasteiger partial charge < -0.3 is 73.5 Å². The maximum absolute atomic E-state index is 13.8. The number of rotatable bonds is 24. The van der Waals surface area contributed by atoms with Crippen LogP contribution < -0.4 is 43.4 Å². The van der Waals surface area contributed by atoms with Crippen molar-refractivity contribution in [3.05, 3.63) is 18.2 Å². The molecule has 0 bridgehead atoms. The Balaban J connectivity index is 1.63. The number of hydrogen-bond acceptors (Lipinski definition) is 16. The summed E-state index contributed by atoms with van der Waals surface area (Å²) in [5.41, 5.74) is 11.5. The average molecular weight is 929 g/mol. The normalized spacial score (nSPS) is 19.3. The minimum Gasteiger partial charge on any atom is -0.480 e.